The minimum atomic E-state index is -0.0397. The number of hydrogen-bond donors (Lipinski definition) is 1. The molecule has 0 unspecified atom stereocenters. The Morgan fingerprint density at radius 2 is 2.15 bits per heavy atom. The Morgan fingerprint density at radius 3 is 2.80 bits per heavy atom. The van der Waals surface area contributed by atoms with Crippen LogP contribution in [0.3, 0.4) is 0 Å². The van der Waals surface area contributed by atoms with E-state index >= 15 is 0 Å². The Kier molecular flexibility index (Phi) is 4.89. The quantitative estimate of drug-likeness (QED) is 0.888. The minimum absolute atomic E-state index is 0.00816. The first-order chi connectivity index (χ1) is 9.58. The van der Waals surface area contributed by atoms with Gasteiger partial charge in [-0.3, -0.25) is 4.79 Å². The fourth-order valence-corrected chi connectivity index (χ4v) is 2.40. The van der Waals surface area contributed by atoms with Gasteiger partial charge in [0.15, 0.2) is 11.0 Å². The molecule has 20 heavy (non-hydrogen) atoms. The summed E-state index contributed by atoms with van der Waals surface area (Å²) in [6.07, 6.45) is 6.00. The molecule has 0 aliphatic carbocycles. The van der Waals surface area contributed by atoms with E-state index in [1.807, 2.05) is 20.8 Å². The van der Waals surface area contributed by atoms with Gasteiger partial charge in [0, 0.05) is 29.8 Å². The molecule has 0 aromatic carbocycles. The number of rotatable bonds is 6. The standard InChI is InChI=1S/C14H19N3O2S/c1-4-10-7-15-12(19-10)6-5-11-8-16-14(20-11)17-13(18)9(2)3/h7-9H,4-6H2,1-3H3,(H,16,17,18). The highest BCUT2D eigenvalue weighted by Crippen LogP contribution is 2.20. The van der Waals surface area contributed by atoms with Gasteiger partial charge >= 0.3 is 0 Å². The van der Waals surface area contributed by atoms with Gasteiger partial charge in [-0.15, -0.1) is 11.3 Å². The molecular weight excluding hydrogens is 274 g/mol. The molecule has 0 radical (unpaired) electrons. The van der Waals surface area contributed by atoms with Crippen molar-refractivity contribution >= 4 is 22.4 Å². The van der Waals surface area contributed by atoms with Gasteiger partial charge in [-0.1, -0.05) is 20.8 Å². The van der Waals surface area contributed by atoms with Gasteiger partial charge in [0.25, 0.3) is 0 Å². The zero-order chi connectivity index (χ0) is 14.5. The second-order valence-corrected chi connectivity index (χ2v) is 5.96. The maximum absolute atomic E-state index is 11.6. The van der Waals surface area contributed by atoms with Crippen molar-refractivity contribution in [3.8, 4) is 0 Å². The molecule has 2 heterocycles. The highest BCUT2D eigenvalue weighted by Gasteiger charge is 2.10. The lowest BCUT2D eigenvalue weighted by Gasteiger charge is -2.02. The van der Waals surface area contributed by atoms with E-state index in [1.165, 1.54) is 11.3 Å². The van der Waals surface area contributed by atoms with Crippen molar-refractivity contribution in [2.75, 3.05) is 5.32 Å². The third kappa shape index (κ3) is 3.90. The third-order valence-electron chi connectivity index (χ3n) is 2.84. The summed E-state index contributed by atoms with van der Waals surface area (Å²) in [4.78, 5) is 21.1. The number of carbonyl (C=O) groups excluding carboxylic acids is 1. The van der Waals surface area contributed by atoms with E-state index < -0.39 is 0 Å². The first kappa shape index (κ1) is 14.7. The van der Waals surface area contributed by atoms with Crippen LogP contribution >= 0.6 is 11.3 Å². The predicted molar refractivity (Wildman–Crippen MR) is 78.9 cm³/mol. The smallest absolute Gasteiger partial charge is 0.228 e. The molecule has 0 bridgehead atoms. The molecule has 1 amide bonds. The van der Waals surface area contributed by atoms with Gasteiger partial charge < -0.3 is 9.73 Å². The Bertz CT molecular complexity index is 574. The average molecular weight is 293 g/mol. The van der Waals surface area contributed by atoms with Crippen molar-refractivity contribution in [3.63, 3.8) is 0 Å². The van der Waals surface area contributed by atoms with Gasteiger partial charge in [0.2, 0.25) is 5.91 Å². The normalized spacial score (nSPS) is 11.0. The van der Waals surface area contributed by atoms with Crippen LogP contribution in [0, 0.1) is 5.92 Å². The number of nitrogens with one attached hydrogen (secondary N) is 1. The van der Waals surface area contributed by atoms with E-state index in [4.69, 9.17) is 4.42 Å². The van der Waals surface area contributed by atoms with Crippen molar-refractivity contribution in [2.45, 2.75) is 40.0 Å². The topological polar surface area (TPSA) is 68.0 Å². The van der Waals surface area contributed by atoms with Gasteiger partial charge in [-0.25, -0.2) is 9.97 Å². The summed E-state index contributed by atoms with van der Waals surface area (Å²) in [5, 5.41) is 3.46. The number of amides is 1. The lowest BCUT2D eigenvalue weighted by Crippen LogP contribution is -2.17. The SMILES string of the molecule is CCc1cnc(CCc2cnc(NC(=O)C(C)C)s2)o1. The van der Waals surface area contributed by atoms with E-state index in [1.54, 1.807) is 12.4 Å². The number of aromatic nitrogens is 2. The Morgan fingerprint density at radius 1 is 1.35 bits per heavy atom. The predicted octanol–water partition coefficient (Wildman–Crippen LogP) is 3.07. The van der Waals surface area contributed by atoms with Gasteiger partial charge in [-0.05, 0) is 6.42 Å². The van der Waals surface area contributed by atoms with Crippen LogP contribution in [-0.4, -0.2) is 15.9 Å². The molecule has 2 aromatic rings. The maximum atomic E-state index is 11.6. The molecule has 0 spiro atoms. The maximum Gasteiger partial charge on any atom is 0.228 e. The molecule has 6 heteroatoms. The minimum Gasteiger partial charge on any atom is -0.446 e. The van der Waals surface area contributed by atoms with Crippen molar-refractivity contribution in [1.82, 2.24) is 9.97 Å². The van der Waals surface area contributed by atoms with Crippen LogP contribution in [0.2, 0.25) is 0 Å². The largest absolute Gasteiger partial charge is 0.446 e. The van der Waals surface area contributed by atoms with Crippen LogP contribution in [-0.2, 0) is 24.1 Å². The number of thiazole rings is 1. The molecule has 2 rings (SSSR count). The summed E-state index contributed by atoms with van der Waals surface area (Å²) in [6.45, 7) is 5.76. The lowest BCUT2D eigenvalue weighted by molar-refractivity contribution is -0.118. The van der Waals surface area contributed by atoms with Crippen LogP contribution in [0.15, 0.2) is 16.8 Å². The van der Waals surface area contributed by atoms with Crippen molar-refractivity contribution < 1.29 is 9.21 Å². The van der Waals surface area contributed by atoms with E-state index in [0.717, 1.165) is 35.8 Å². The zero-order valence-electron chi connectivity index (χ0n) is 12.0. The number of anilines is 1. The second-order valence-electron chi connectivity index (χ2n) is 4.85. The molecule has 0 aliphatic rings. The van der Waals surface area contributed by atoms with E-state index in [2.05, 4.69) is 15.3 Å². The van der Waals surface area contributed by atoms with Crippen LogP contribution < -0.4 is 5.32 Å². The summed E-state index contributed by atoms with van der Waals surface area (Å²) in [6, 6.07) is 0. The van der Waals surface area contributed by atoms with E-state index in [9.17, 15) is 4.79 Å². The summed E-state index contributed by atoms with van der Waals surface area (Å²) in [7, 11) is 0. The molecule has 0 saturated carbocycles. The summed E-state index contributed by atoms with van der Waals surface area (Å²) < 4.78 is 5.56. The fraction of sp³-hybridized carbons (Fsp3) is 0.500. The molecule has 0 aliphatic heterocycles. The van der Waals surface area contributed by atoms with Gasteiger partial charge in [-0.2, -0.15) is 0 Å². The Hall–Kier alpha value is -1.69. The Labute approximate surface area is 122 Å². The van der Waals surface area contributed by atoms with Crippen LogP contribution in [0.5, 0.6) is 0 Å². The monoisotopic (exact) mass is 293 g/mol. The average Bonchev–Trinajstić information content (AvgIpc) is 3.04. The van der Waals surface area contributed by atoms with E-state index in [0.29, 0.717) is 5.13 Å². The Balaban J connectivity index is 1.88. The summed E-state index contributed by atoms with van der Waals surface area (Å²) >= 11 is 1.50. The van der Waals surface area contributed by atoms with Gasteiger partial charge in [0.1, 0.15) is 5.76 Å². The summed E-state index contributed by atoms with van der Waals surface area (Å²) in [5.74, 6) is 1.62. The molecule has 0 fully saturated rings. The zero-order valence-corrected chi connectivity index (χ0v) is 12.8. The number of hydrogen-bond acceptors (Lipinski definition) is 5. The highest BCUT2D eigenvalue weighted by atomic mass is 32.1. The van der Waals surface area contributed by atoms with Crippen molar-refractivity contribution in [1.29, 1.82) is 0 Å². The molecule has 2 aromatic heterocycles. The van der Waals surface area contributed by atoms with E-state index in [-0.39, 0.29) is 11.8 Å². The molecule has 0 saturated heterocycles. The number of carbonyl (C=O) groups is 1. The lowest BCUT2D eigenvalue weighted by atomic mass is 10.2. The van der Waals surface area contributed by atoms with Crippen molar-refractivity contribution in [3.05, 3.63) is 28.9 Å². The van der Waals surface area contributed by atoms with Crippen molar-refractivity contribution in [2.24, 2.45) is 5.92 Å². The highest BCUT2D eigenvalue weighted by molar-refractivity contribution is 7.15. The number of nitrogens with zero attached hydrogens (tertiary/aromatic N) is 2. The molecule has 108 valence electrons. The fourth-order valence-electron chi connectivity index (χ4n) is 1.59. The molecule has 0 atom stereocenters. The van der Waals surface area contributed by atoms with Crippen LogP contribution in [0.4, 0.5) is 5.13 Å². The number of aryl methyl sites for hydroxylation is 3. The van der Waals surface area contributed by atoms with Crippen LogP contribution in [0.1, 0.15) is 37.3 Å². The third-order valence-corrected chi connectivity index (χ3v) is 3.82. The first-order valence-electron chi connectivity index (χ1n) is 6.77. The number of oxazole rings is 1. The second kappa shape index (κ2) is 6.65. The molecule has 1 N–H and O–H groups in total. The van der Waals surface area contributed by atoms with Gasteiger partial charge in [0.05, 0.1) is 6.20 Å². The summed E-state index contributed by atoms with van der Waals surface area (Å²) in [5.41, 5.74) is 0. The molecular formula is C14H19N3O2S. The molecule has 5 nitrogen and oxygen atoms in total. The first-order valence-corrected chi connectivity index (χ1v) is 7.59. The van der Waals surface area contributed by atoms with Crippen LogP contribution in [0.25, 0.3) is 0 Å².